The Hall–Kier alpha value is -0.160. The molecule has 0 bridgehead atoms. The normalized spacial score (nSPS) is 43.9. The SMILES string of the molecule is CC[C@H]1C(C)O[C@@H](CCO)C(O)C1O. The molecule has 0 amide bonds. The Labute approximate surface area is 84.5 Å². The lowest BCUT2D eigenvalue weighted by Crippen LogP contribution is -2.53. The highest BCUT2D eigenvalue weighted by Gasteiger charge is 2.40. The minimum atomic E-state index is -0.872. The number of aliphatic hydroxyl groups excluding tert-OH is 3. The van der Waals surface area contributed by atoms with Gasteiger partial charge in [-0.25, -0.2) is 0 Å². The lowest BCUT2D eigenvalue weighted by atomic mass is 9.85. The summed E-state index contributed by atoms with van der Waals surface area (Å²) in [6.45, 7) is 3.83. The second-order valence-corrected chi connectivity index (χ2v) is 3.95. The van der Waals surface area contributed by atoms with Crippen molar-refractivity contribution in [3.8, 4) is 0 Å². The van der Waals surface area contributed by atoms with Crippen LogP contribution in [0.5, 0.6) is 0 Å². The number of hydrogen-bond acceptors (Lipinski definition) is 4. The number of rotatable bonds is 3. The van der Waals surface area contributed by atoms with Crippen molar-refractivity contribution < 1.29 is 20.1 Å². The fourth-order valence-corrected chi connectivity index (χ4v) is 2.15. The molecule has 84 valence electrons. The first kappa shape index (κ1) is 11.9. The van der Waals surface area contributed by atoms with Gasteiger partial charge in [0.25, 0.3) is 0 Å². The molecule has 0 aliphatic carbocycles. The molecule has 0 saturated carbocycles. The van der Waals surface area contributed by atoms with Crippen LogP contribution < -0.4 is 0 Å². The molecule has 3 N–H and O–H groups in total. The van der Waals surface area contributed by atoms with Crippen LogP contribution in [0.25, 0.3) is 0 Å². The van der Waals surface area contributed by atoms with E-state index in [0.29, 0.717) is 6.42 Å². The zero-order valence-electron chi connectivity index (χ0n) is 8.76. The first-order valence-electron chi connectivity index (χ1n) is 5.24. The fraction of sp³-hybridized carbons (Fsp3) is 1.00. The van der Waals surface area contributed by atoms with Crippen LogP contribution in [-0.4, -0.2) is 46.3 Å². The lowest BCUT2D eigenvalue weighted by molar-refractivity contribution is -0.198. The van der Waals surface area contributed by atoms with Gasteiger partial charge in [-0.1, -0.05) is 6.92 Å². The van der Waals surface area contributed by atoms with Crippen molar-refractivity contribution in [3.63, 3.8) is 0 Å². The molecular weight excluding hydrogens is 184 g/mol. The minimum absolute atomic E-state index is 0.0139. The number of ether oxygens (including phenoxy) is 1. The van der Waals surface area contributed by atoms with Crippen LogP contribution in [-0.2, 0) is 4.74 Å². The largest absolute Gasteiger partial charge is 0.396 e. The van der Waals surface area contributed by atoms with Crippen LogP contribution in [0.15, 0.2) is 0 Å². The van der Waals surface area contributed by atoms with Gasteiger partial charge in [0.1, 0.15) is 6.10 Å². The Bertz CT molecular complexity index is 172. The summed E-state index contributed by atoms with van der Waals surface area (Å²) < 4.78 is 5.54. The summed E-state index contributed by atoms with van der Waals surface area (Å²) in [5.41, 5.74) is 0. The van der Waals surface area contributed by atoms with Crippen molar-refractivity contribution in [1.82, 2.24) is 0 Å². The van der Waals surface area contributed by atoms with Gasteiger partial charge in [-0.15, -0.1) is 0 Å². The summed E-state index contributed by atoms with van der Waals surface area (Å²) >= 11 is 0. The average Bonchev–Trinajstić information content (AvgIpc) is 2.15. The van der Waals surface area contributed by atoms with E-state index in [2.05, 4.69) is 0 Å². The van der Waals surface area contributed by atoms with Crippen LogP contribution >= 0.6 is 0 Å². The standard InChI is InChI=1S/C10H20O4/c1-3-7-6(2)14-8(4-5-11)10(13)9(7)12/h6-13H,3-5H2,1-2H3/t6?,7-,8-,9?,10?/m0/s1. The third-order valence-corrected chi connectivity index (χ3v) is 3.05. The minimum Gasteiger partial charge on any atom is -0.396 e. The van der Waals surface area contributed by atoms with Gasteiger partial charge in [0.2, 0.25) is 0 Å². The van der Waals surface area contributed by atoms with Gasteiger partial charge >= 0.3 is 0 Å². The molecule has 0 aromatic heterocycles. The maximum absolute atomic E-state index is 9.79. The van der Waals surface area contributed by atoms with Crippen LogP contribution in [0.3, 0.4) is 0 Å². The van der Waals surface area contributed by atoms with Crippen molar-refractivity contribution in [1.29, 1.82) is 0 Å². The molecule has 1 rings (SSSR count). The molecule has 0 aromatic carbocycles. The Balaban J connectivity index is 2.62. The summed E-state index contributed by atoms with van der Waals surface area (Å²) in [6.07, 6.45) is -0.948. The van der Waals surface area contributed by atoms with Crippen molar-refractivity contribution in [2.75, 3.05) is 6.61 Å². The van der Waals surface area contributed by atoms with Crippen molar-refractivity contribution in [3.05, 3.63) is 0 Å². The van der Waals surface area contributed by atoms with Gasteiger partial charge in [-0.05, 0) is 19.8 Å². The van der Waals surface area contributed by atoms with Gasteiger partial charge in [0.15, 0.2) is 0 Å². The Morgan fingerprint density at radius 2 is 1.86 bits per heavy atom. The van der Waals surface area contributed by atoms with Crippen LogP contribution in [0.4, 0.5) is 0 Å². The summed E-state index contributed by atoms with van der Waals surface area (Å²) in [5, 5.41) is 28.3. The predicted molar refractivity (Wildman–Crippen MR) is 51.8 cm³/mol. The summed E-state index contributed by atoms with van der Waals surface area (Å²) in [6, 6.07) is 0. The van der Waals surface area contributed by atoms with E-state index < -0.39 is 18.3 Å². The first-order chi connectivity index (χ1) is 6.61. The molecule has 0 radical (unpaired) electrons. The molecular formula is C10H20O4. The van der Waals surface area contributed by atoms with Crippen molar-refractivity contribution in [2.24, 2.45) is 5.92 Å². The molecule has 4 nitrogen and oxygen atoms in total. The molecule has 1 aliphatic rings. The van der Waals surface area contributed by atoms with Gasteiger partial charge in [-0.2, -0.15) is 0 Å². The highest BCUT2D eigenvalue weighted by Crippen LogP contribution is 2.29. The molecule has 0 aromatic rings. The molecule has 14 heavy (non-hydrogen) atoms. The summed E-state index contributed by atoms with van der Waals surface area (Å²) in [4.78, 5) is 0. The van der Waals surface area contributed by atoms with E-state index in [9.17, 15) is 10.2 Å². The van der Waals surface area contributed by atoms with Crippen LogP contribution in [0, 0.1) is 5.92 Å². The monoisotopic (exact) mass is 204 g/mol. The van der Waals surface area contributed by atoms with Crippen LogP contribution in [0.1, 0.15) is 26.7 Å². The third-order valence-electron chi connectivity index (χ3n) is 3.05. The van der Waals surface area contributed by atoms with Gasteiger partial charge in [0, 0.05) is 12.5 Å². The smallest absolute Gasteiger partial charge is 0.106 e. The fourth-order valence-electron chi connectivity index (χ4n) is 2.15. The highest BCUT2D eigenvalue weighted by molar-refractivity contribution is 4.89. The average molecular weight is 204 g/mol. The van der Waals surface area contributed by atoms with E-state index in [1.165, 1.54) is 0 Å². The second-order valence-electron chi connectivity index (χ2n) is 3.95. The lowest BCUT2D eigenvalue weighted by Gasteiger charge is -2.41. The van der Waals surface area contributed by atoms with Gasteiger partial charge in [-0.3, -0.25) is 0 Å². The number of aliphatic hydroxyl groups is 3. The Kier molecular flexibility index (Phi) is 4.31. The zero-order valence-corrected chi connectivity index (χ0v) is 8.76. The maximum atomic E-state index is 9.79. The van der Waals surface area contributed by atoms with E-state index in [1.54, 1.807) is 0 Å². The molecule has 1 fully saturated rings. The molecule has 1 saturated heterocycles. The van der Waals surface area contributed by atoms with E-state index in [-0.39, 0.29) is 18.6 Å². The van der Waals surface area contributed by atoms with E-state index in [4.69, 9.17) is 9.84 Å². The van der Waals surface area contributed by atoms with Crippen LogP contribution in [0.2, 0.25) is 0 Å². The molecule has 0 spiro atoms. The molecule has 1 aliphatic heterocycles. The number of hydrogen-bond donors (Lipinski definition) is 3. The third kappa shape index (κ3) is 2.25. The second kappa shape index (κ2) is 5.07. The van der Waals surface area contributed by atoms with E-state index in [1.807, 2.05) is 13.8 Å². The van der Waals surface area contributed by atoms with E-state index in [0.717, 1.165) is 6.42 Å². The Morgan fingerprint density at radius 1 is 1.21 bits per heavy atom. The quantitative estimate of drug-likeness (QED) is 0.600. The molecule has 1 heterocycles. The molecule has 4 heteroatoms. The van der Waals surface area contributed by atoms with Crippen molar-refractivity contribution in [2.45, 2.75) is 51.1 Å². The zero-order chi connectivity index (χ0) is 10.7. The predicted octanol–water partition coefficient (Wildman–Crippen LogP) is -0.0959. The topological polar surface area (TPSA) is 69.9 Å². The van der Waals surface area contributed by atoms with Gasteiger partial charge in [0.05, 0.1) is 18.3 Å². The summed E-state index contributed by atoms with van der Waals surface area (Å²) in [7, 11) is 0. The highest BCUT2D eigenvalue weighted by atomic mass is 16.5. The molecule has 5 atom stereocenters. The first-order valence-corrected chi connectivity index (χ1v) is 5.24. The van der Waals surface area contributed by atoms with Gasteiger partial charge < -0.3 is 20.1 Å². The summed E-state index contributed by atoms with van der Waals surface area (Å²) in [5.74, 6) is -0.0139. The maximum Gasteiger partial charge on any atom is 0.106 e. The Morgan fingerprint density at radius 3 is 2.36 bits per heavy atom. The molecule has 3 unspecified atom stereocenters. The van der Waals surface area contributed by atoms with Crippen molar-refractivity contribution >= 4 is 0 Å². The van der Waals surface area contributed by atoms with E-state index >= 15 is 0 Å².